The van der Waals surface area contributed by atoms with E-state index in [1.807, 2.05) is 0 Å². The lowest BCUT2D eigenvalue weighted by atomic mass is 9.95. The maximum Gasteiger partial charge on any atom is 0.417 e. The van der Waals surface area contributed by atoms with Crippen LogP contribution in [0.1, 0.15) is 27.0 Å². The molecule has 21 heavy (non-hydrogen) atoms. The molecule has 0 heterocycles. The van der Waals surface area contributed by atoms with E-state index in [9.17, 15) is 44.3 Å². The van der Waals surface area contributed by atoms with E-state index >= 15 is 0 Å². The highest BCUT2D eigenvalue weighted by atomic mass is 19.4. The first-order valence-electron chi connectivity index (χ1n) is 4.85. The lowest BCUT2D eigenvalue weighted by Gasteiger charge is -2.19. The number of amides is 1. The monoisotopic (exact) mass is 325 g/mol. The maximum atomic E-state index is 12.6. The highest BCUT2D eigenvalue weighted by Gasteiger charge is 2.45. The molecule has 0 radical (unpaired) electrons. The second-order valence-electron chi connectivity index (χ2n) is 3.80. The van der Waals surface area contributed by atoms with Crippen LogP contribution in [0.4, 0.5) is 39.5 Å². The molecule has 0 aromatic heterocycles. The number of hydrogen-bond donors (Lipinski definition) is 1. The van der Waals surface area contributed by atoms with E-state index in [4.69, 9.17) is 0 Å². The average Bonchev–Trinajstić information content (AvgIpc) is 2.23. The smallest absolute Gasteiger partial charge is 0.366 e. The molecule has 0 spiro atoms. The summed E-state index contributed by atoms with van der Waals surface area (Å²) in [5.74, 6) is -2.14. The summed E-state index contributed by atoms with van der Waals surface area (Å²) in [6, 6.07) is -1.18. The van der Waals surface area contributed by atoms with Gasteiger partial charge in [-0.3, -0.25) is 4.79 Å². The van der Waals surface area contributed by atoms with Crippen LogP contribution in [0.25, 0.3) is 0 Å². The van der Waals surface area contributed by atoms with Crippen molar-refractivity contribution in [3.05, 3.63) is 34.4 Å². The predicted molar refractivity (Wildman–Crippen MR) is 50.0 cm³/mol. The van der Waals surface area contributed by atoms with Crippen molar-refractivity contribution in [2.24, 2.45) is 5.73 Å². The molecule has 0 saturated carbocycles. The van der Waals surface area contributed by atoms with Crippen LogP contribution in [0.15, 0.2) is 12.1 Å². The van der Waals surface area contributed by atoms with Gasteiger partial charge in [0.1, 0.15) is 0 Å². The molecule has 0 aliphatic carbocycles. The molecule has 0 unspecified atom stereocenters. The van der Waals surface area contributed by atoms with E-state index in [2.05, 4.69) is 5.73 Å². The number of carbonyl (C=O) groups excluding carboxylic acids is 1. The Kier molecular flexibility index (Phi) is 3.92. The summed E-state index contributed by atoms with van der Waals surface area (Å²) in [7, 11) is 0. The molecule has 1 amide bonds. The van der Waals surface area contributed by atoms with Crippen LogP contribution in [-0.2, 0) is 18.5 Å². The average molecular weight is 325 g/mol. The van der Waals surface area contributed by atoms with E-state index in [0.717, 1.165) is 0 Å². The van der Waals surface area contributed by atoms with Crippen molar-refractivity contribution in [2.75, 3.05) is 0 Å². The zero-order valence-corrected chi connectivity index (χ0v) is 9.54. The fourth-order valence-corrected chi connectivity index (χ4v) is 1.52. The molecule has 0 atom stereocenters. The predicted octanol–water partition coefficient (Wildman–Crippen LogP) is 3.84. The molecule has 0 bridgehead atoms. The number of benzene rings is 1. The van der Waals surface area contributed by atoms with Gasteiger partial charge in [0.05, 0.1) is 22.3 Å². The number of halogens is 9. The second-order valence-corrected chi connectivity index (χ2v) is 3.80. The fraction of sp³-hybridized carbons (Fsp3) is 0.300. The van der Waals surface area contributed by atoms with Crippen LogP contribution in [0, 0.1) is 0 Å². The highest BCUT2D eigenvalue weighted by Crippen LogP contribution is 2.43. The molecular formula is C10H4F9NO. The summed E-state index contributed by atoms with van der Waals surface area (Å²) >= 11 is 0. The molecule has 1 aromatic carbocycles. The Labute approximate surface area is 110 Å². The molecule has 0 aliphatic rings. The second kappa shape index (κ2) is 4.81. The van der Waals surface area contributed by atoms with Gasteiger partial charge in [0.15, 0.2) is 0 Å². The van der Waals surface area contributed by atoms with Crippen LogP contribution in [0.5, 0.6) is 0 Å². The summed E-state index contributed by atoms with van der Waals surface area (Å²) in [4.78, 5) is 10.8. The Morgan fingerprint density at radius 2 is 1.10 bits per heavy atom. The third-order valence-electron chi connectivity index (χ3n) is 2.32. The Hall–Kier alpha value is -1.94. The molecular weight excluding hydrogens is 321 g/mol. The van der Waals surface area contributed by atoms with Gasteiger partial charge in [0.25, 0.3) is 0 Å². The van der Waals surface area contributed by atoms with Crippen molar-refractivity contribution >= 4 is 5.91 Å². The zero-order chi connectivity index (χ0) is 16.8. The Balaban J connectivity index is 3.89. The highest BCUT2D eigenvalue weighted by molar-refractivity contribution is 5.96. The van der Waals surface area contributed by atoms with E-state index in [-0.39, 0.29) is 0 Å². The summed E-state index contributed by atoms with van der Waals surface area (Å²) in [6.45, 7) is 0. The number of hydrogen-bond acceptors (Lipinski definition) is 1. The maximum absolute atomic E-state index is 12.6. The number of rotatable bonds is 1. The van der Waals surface area contributed by atoms with Gasteiger partial charge in [-0.25, -0.2) is 0 Å². The van der Waals surface area contributed by atoms with Crippen LogP contribution >= 0.6 is 0 Å². The molecule has 2 N–H and O–H groups in total. The summed E-state index contributed by atoms with van der Waals surface area (Å²) in [6.07, 6.45) is -16.7. The van der Waals surface area contributed by atoms with Crippen molar-refractivity contribution in [2.45, 2.75) is 18.5 Å². The lowest BCUT2D eigenvalue weighted by molar-refractivity contribution is -0.148. The van der Waals surface area contributed by atoms with Crippen LogP contribution in [0.2, 0.25) is 0 Å². The van der Waals surface area contributed by atoms with Crippen molar-refractivity contribution in [1.82, 2.24) is 0 Å². The minimum atomic E-state index is -5.62. The van der Waals surface area contributed by atoms with Gasteiger partial charge in [-0.1, -0.05) is 0 Å². The van der Waals surface area contributed by atoms with E-state index in [1.165, 1.54) is 0 Å². The van der Waals surface area contributed by atoms with Crippen molar-refractivity contribution < 1.29 is 44.3 Å². The first-order chi connectivity index (χ1) is 9.15. The standard InChI is InChI=1S/C10H4F9NO/c11-8(12,13)3-1-4(9(14,15)16)6(7(20)21)5(2-3)10(17,18)19/h1-2H,(H2,20,21). The number of primary amides is 1. The van der Waals surface area contributed by atoms with E-state index < -0.39 is 58.8 Å². The fourth-order valence-electron chi connectivity index (χ4n) is 1.52. The summed E-state index contributed by atoms with van der Waals surface area (Å²) in [5.41, 5.74) is -4.58. The third-order valence-corrected chi connectivity index (χ3v) is 2.32. The van der Waals surface area contributed by atoms with Crippen molar-refractivity contribution in [1.29, 1.82) is 0 Å². The Morgan fingerprint density at radius 1 is 0.762 bits per heavy atom. The minimum absolute atomic E-state index is 0.588. The van der Waals surface area contributed by atoms with Gasteiger partial charge < -0.3 is 5.73 Å². The third kappa shape index (κ3) is 3.58. The van der Waals surface area contributed by atoms with Crippen molar-refractivity contribution in [3.8, 4) is 0 Å². The van der Waals surface area contributed by atoms with Gasteiger partial charge in [-0.15, -0.1) is 0 Å². The first kappa shape index (κ1) is 17.1. The van der Waals surface area contributed by atoms with E-state index in [1.54, 1.807) is 0 Å². The molecule has 0 saturated heterocycles. The number of alkyl halides is 9. The van der Waals surface area contributed by atoms with Gasteiger partial charge >= 0.3 is 18.5 Å². The topological polar surface area (TPSA) is 43.1 Å². The van der Waals surface area contributed by atoms with Crippen LogP contribution in [-0.4, -0.2) is 5.91 Å². The minimum Gasteiger partial charge on any atom is -0.366 e. The van der Waals surface area contributed by atoms with Gasteiger partial charge in [-0.2, -0.15) is 39.5 Å². The first-order valence-corrected chi connectivity index (χ1v) is 4.85. The Morgan fingerprint density at radius 3 is 1.29 bits per heavy atom. The van der Waals surface area contributed by atoms with Crippen molar-refractivity contribution in [3.63, 3.8) is 0 Å². The molecule has 0 aliphatic heterocycles. The summed E-state index contributed by atoms with van der Waals surface area (Å²) in [5, 5.41) is 0. The normalized spacial score (nSPS) is 13.4. The molecule has 11 heteroatoms. The zero-order valence-electron chi connectivity index (χ0n) is 9.54. The van der Waals surface area contributed by atoms with Gasteiger partial charge in [-0.05, 0) is 12.1 Å². The Bertz CT molecular complexity index is 532. The molecule has 118 valence electrons. The molecule has 0 fully saturated rings. The molecule has 2 nitrogen and oxygen atoms in total. The summed E-state index contributed by atoms with van der Waals surface area (Å²) < 4.78 is 113. The van der Waals surface area contributed by atoms with Crippen LogP contribution < -0.4 is 5.73 Å². The van der Waals surface area contributed by atoms with Gasteiger partial charge in [0, 0.05) is 0 Å². The SMILES string of the molecule is NC(=O)c1c(C(F)(F)F)cc(C(F)(F)F)cc1C(F)(F)F. The van der Waals surface area contributed by atoms with Gasteiger partial charge in [0.2, 0.25) is 5.91 Å². The molecule has 1 aromatic rings. The van der Waals surface area contributed by atoms with Crippen LogP contribution in [0.3, 0.4) is 0 Å². The lowest BCUT2D eigenvalue weighted by Crippen LogP contribution is -2.26. The largest absolute Gasteiger partial charge is 0.417 e. The van der Waals surface area contributed by atoms with E-state index in [0.29, 0.717) is 0 Å². The number of nitrogens with two attached hydrogens (primary N) is 1. The molecule has 1 rings (SSSR count). The number of carbonyl (C=O) groups is 1. The quantitative estimate of drug-likeness (QED) is 0.783.